The van der Waals surface area contributed by atoms with Crippen LogP contribution in [0.15, 0.2) is 0 Å². The lowest BCUT2D eigenvalue weighted by atomic mass is 9.96. The Morgan fingerprint density at radius 2 is 2.24 bits per heavy atom. The summed E-state index contributed by atoms with van der Waals surface area (Å²) in [4.78, 5) is 11.6. The van der Waals surface area contributed by atoms with Crippen LogP contribution in [-0.2, 0) is 19.0 Å². The summed E-state index contributed by atoms with van der Waals surface area (Å²) in [5.74, 6) is -1.17. The second-order valence-electron chi connectivity index (χ2n) is 4.77. The maximum atomic E-state index is 11.6. The molecule has 0 radical (unpaired) electrons. The number of carbonyl (C=O) groups is 1. The molecule has 2 aliphatic rings. The van der Waals surface area contributed by atoms with Crippen molar-refractivity contribution in [2.45, 2.75) is 50.9 Å². The molecule has 2 aliphatic heterocycles. The van der Waals surface area contributed by atoms with Crippen LogP contribution in [0.2, 0.25) is 0 Å². The van der Waals surface area contributed by atoms with Gasteiger partial charge in [-0.25, -0.2) is 0 Å². The van der Waals surface area contributed by atoms with Crippen molar-refractivity contribution in [1.82, 2.24) is 5.32 Å². The number of nitrogens with one attached hydrogen (secondary N) is 1. The quantitative estimate of drug-likeness (QED) is 0.633. The van der Waals surface area contributed by atoms with Crippen molar-refractivity contribution in [3.8, 4) is 0 Å². The van der Waals surface area contributed by atoms with E-state index in [9.17, 15) is 9.90 Å². The second kappa shape index (κ2) is 4.53. The molecule has 0 aromatic carbocycles. The van der Waals surface area contributed by atoms with Gasteiger partial charge in [-0.3, -0.25) is 10.1 Å². The van der Waals surface area contributed by atoms with Crippen molar-refractivity contribution in [3.05, 3.63) is 0 Å². The number of ether oxygens (including phenoxy) is 3. The average molecular weight is 245 g/mol. The van der Waals surface area contributed by atoms with Gasteiger partial charge < -0.3 is 19.3 Å². The lowest BCUT2D eigenvalue weighted by molar-refractivity contribution is -0.162. The Morgan fingerprint density at radius 3 is 2.88 bits per heavy atom. The zero-order valence-corrected chi connectivity index (χ0v) is 10.3. The summed E-state index contributed by atoms with van der Waals surface area (Å²) < 4.78 is 16.1. The smallest absolute Gasteiger partial charge is 0.325 e. The number of rotatable bonds is 2. The van der Waals surface area contributed by atoms with Crippen LogP contribution in [0.25, 0.3) is 0 Å². The van der Waals surface area contributed by atoms with Gasteiger partial charge in [-0.1, -0.05) is 0 Å². The Bertz CT molecular complexity index is 306. The fraction of sp³-hybridized carbons (Fsp3) is 0.909. The number of fused-ring (bicyclic) bond motifs is 1. The Labute approximate surface area is 100 Å². The van der Waals surface area contributed by atoms with Crippen molar-refractivity contribution in [2.24, 2.45) is 0 Å². The number of carbonyl (C=O) groups excluding carboxylic acids is 1. The molecule has 0 aromatic heterocycles. The minimum atomic E-state index is -0.949. The van der Waals surface area contributed by atoms with E-state index < -0.39 is 30.0 Å². The minimum Gasteiger partial charge on any atom is -0.465 e. The number of hydrogen-bond acceptors (Lipinski definition) is 6. The zero-order chi connectivity index (χ0) is 12.6. The lowest BCUT2D eigenvalue weighted by Crippen LogP contribution is -2.61. The Morgan fingerprint density at radius 1 is 1.53 bits per heavy atom. The summed E-state index contributed by atoms with van der Waals surface area (Å²) >= 11 is 0. The van der Waals surface area contributed by atoms with Crippen LogP contribution < -0.4 is 5.32 Å². The van der Waals surface area contributed by atoms with E-state index in [0.29, 0.717) is 13.2 Å². The van der Waals surface area contributed by atoms with Gasteiger partial charge in [0.05, 0.1) is 6.61 Å². The van der Waals surface area contributed by atoms with Gasteiger partial charge in [-0.05, 0) is 20.8 Å². The van der Waals surface area contributed by atoms with Crippen LogP contribution in [0, 0.1) is 0 Å². The first-order chi connectivity index (χ1) is 7.94. The third-order valence-electron chi connectivity index (χ3n) is 2.98. The Kier molecular flexibility index (Phi) is 3.40. The molecule has 4 atom stereocenters. The highest BCUT2D eigenvalue weighted by molar-refractivity contribution is 5.77. The van der Waals surface area contributed by atoms with Crippen LogP contribution >= 0.6 is 0 Å². The molecule has 0 saturated carbocycles. The zero-order valence-electron chi connectivity index (χ0n) is 10.3. The molecule has 2 N–H and O–H groups in total. The molecule has 0 spiro atoms. The van der Waals surface area contributed by atoms with Crippen molar-refractivity contribution in [2.75, 3.05) is 13.2 Å². The average Bonchev–Trinajstić information content (AvgIpc) is 2.54. The van der Waals surface area contributed by atoms with Crippen LogP contribution in [-0.4, -0.2) is 54.4 Å². The van der Waals surface area contributed by atoms with E-state index in [0.717, 1.165) is 0 Å². The first-order valence-corrected chi connectivity index (χ1v) is 5.88. The summed E-state index contributed by atoms with van der Waals surface area (Å²) in [6.45, 7) is 6.07. The monoisotopic (exact) mass is 245 g/mol. The van der Waals surface area contributed by atoms with Gasteiger partial charge in [-0.2, -0.15) is 0 Å². The van der Waals surface area contributed by atoms with Crippen molar-refractivity contribution in [1.29, 1.82) is 0 Å². The molecule has 2 heterocycles. The topological polar surface area (TPSA) is 77.0 Å². The lowest BCUT2D eigenvalue weighted by Gasteiger charge is -2.34. The second-order valence-corrected chi connectivity index (χ2v) is 4.77. The van der Waals surface area contributed by atoms with E-state index in [1.54, 1.807) is 20.8 Å². The molecule has 0 unspecified atom stereocenters. The van der Waals surface area contributed by atoms with Gasteiger partial charge in [0.15, 0.2) is 5.79 Å². The van der Waals surface area contributed by atoms with E-state index in [1.165, 1.54) is 0 Å². The molecule has 2 rings (SSSR count). The third kappa shape index (κ3) is 2.44. The first kappa shape index (κ1) is 12.8. The largest absolute Gasteiger partial charge is 0.465 e. The molecular weight excluding hydrogens is 226 g/mol. The molecule has 17 heavy (non-hydrogen) atoms. The van der Waals surface area contributed by atoms with Crippen LogP contribution in [0.1, 0.15) is 20.8 Å². The van der Waals surface area contributed by atoms with Crippen LogP contribution in [0.4, 0.5) is 0 Å². The summed E-state index contributed by atoms with van der Waals surface area (Å²) in [6.07, 6.45) is -1.67. The fourth-order valence-corrected chi connectivity index (χ4v) is 2.32. The number of hydrogen-bond donors (Lipinski definition) is 2. The molecule has 0 bridgehead atoms. The highest BCUT2D eigenvalue weighted by atomic mass is 16.8. The summed E-state index contributed by atoms with van der Waals surface area (Å²) in [6, 6.07) is -0.742. The molecule has 6 nitrogen and oxygen atoms in total. The first-order valence-electron chi connectivity index (χ1n) is 5.88. The van der Waals surface area contributed by atoms with Crippen molar-refractivity contribution < 1.29 is 24.1 Å². The standard InChI is InChI=1S/C11H19NO5/c1-4-15-10(14)7-8(13)9-6(5-12-7)16-11(2,3)17-9/h6-9,12-13H,4-5H2,1-3H3/t6-,7+,8+,9-/m0/s1. The SMILES string of the molecule is CCOC(=O)[C@@H]1NC[C@@H]2OC(C)(C)O[C@@H]2[C@@H]1O. The van der Waals surface area contributed by atoms with E-state index in [1.807, 2.05) is 0 Å². The molecule has 0 amide bonds. The van der Waals surface area contributed by atoms with Crippen molar-refractivity contribution >= 4 is 5.97 Å². The van der Waals surface area contributed by atoms with Crippen molar-refractivity contribution in [3.63, 3.8) is 0 Å². The van der Waals surface area contributed by atoms with Crippen LogP contribution in [0.3, 0.4) is 0 Å². The molecule has 6 heteroatoms. The fourth-order valence-electron chi connectivity index (χ4n) is 2.32. The van der Waals surface area contributed by atoms with Gasteiger partial charge >= 0.3 is 5.97 Å². The van der Waals surface area contributed by atoms with E-state index in [4.69, 9.17) is 14.2 Å². The van der Waals surface area contributed by atoms with Gasteiger partial charge in [-0.15, -0.1) is 0 Å². The van der Waals surface area contributed by atoms with Gasteiger partial charge in [0, 0.05) is 6.54 Å². The van der Waals surface area contributed by atoms with Gasteiger partial charge in [0.1, 0.15) is 24.4 Å². The molecular formula is C11H19NO5. The maximum Gasteiger partial charge on any atom is 0.325 e. The molecule has 0 aromatic rings. The predicted octanol–water partition coefficient (Wildman–Crippen LogP) is -0.598. The number of esters is 1. The highest BCUT2D eigenvalue weighted by Crippen LogP contribution is 2.32. The molecule has 0 aliphatic carbocycles. The number of aliphatic hydroxyl groups excluding tert-OH is 1. The van der Waals surface area contributed by atoms with Gasteiger partial charge in [0.25, 0.3) is 0 Å². The molecule has 2 saturated heterocycles. The normalized spacial score (nSPS) is 39.8. The van der Waals surface area contributed by atoms with E-state index >= 15 is 0 Å². The molecule has 2 fully saturated rings. The summed E-state index contributed by atoms with van der Waals surface area (Å²) in [5, 5.41) is 13.0. The third-order valence-corrected chi connectivity index (χ3v) is 2.98. The van der Waals surface area contributed by atoms with E-state index in [2.05, 4.69) is 5.32 Å². The number of piperidine rings is 1. The highest BCUT2D eigenvalue weighted by Gasteiger charge is 2.51. The number of aliphatic hydroxyl groups is 1. The summed E-state index contributed by atoms with van der Waals surface area (Å²) in [7, 11) is 0. The Hall–Kier alpha value is -0.690. The maximum absolute atomic E-state index is 11.6. The van der Waals surface area contributed by atoms with E-state index in [-0.39, 0.29) is 6.10 Å². The summed E-state index contributed by atoms with van der Waals surface area (Å²) in [5.41, 5.74) is 0. The van der Waals surface area contributed by atoms with Crippen LogP contribution in [0.5, 0.6) is 0 Å². The van der Waals surface area contributed by atoms with Gasteiger partial charge in [0.2, 0.25) is 0 Å². The Balaban J connectivity index is 2.05. The predicted molar refractivity (Wildman–Crippen MR) is 58.3 cm³/mol. The minimum absolute atomic E-state index is 0.231. The molecule has 98 valence electrons.